The standard InChI is InChI=1S/C14H18N4O3/c1-4-20-11(19)9-7-5-6-8-10(9)16-13-18-17-12(21-13)14(2,3)15/h5-8H,4,15H2,1-3H3,(H,16,18). The van der Waals surface area contributed by atoms with Gasteiger partial charge in [0.15, 0.2) is 0 Å². The SMILES string of the molecule is CCOC(=O)c1ccccc1Nc1nnc(C(C)(C)N)o1. The summed E-state index contributed by atoms with van der Waals surface area (Å²) in [6.07, 6.45) is 0. The lowest BCUT2D eigenvalue weighted by molar-refractivity contribution is 0.0527. The van der Waals surface area contributed by atoms with Gasteiger partial charge in [-0.3, -0.25) is 0 Å². The molecule has 112 valence electrons. The highest BCUT2D eigenvalue weighted by atomic mass is 16.5. The third-order valence-corrected chi connectivity index (χ3v) is 2.64. The number of hydrogen-bond acceptors (Lipinski definition) is 7. The Labute approximate surface area is 122 Å². The number of benzene rings is 1. The fraction of sp³-hybridized carbons (Fsp3) is 0.357. The van der Waals surface area contributed by atoms with Gasteiger partial charge in [-0.25, -0.2) is 4.79 Å². The second kappa shape index (κ2) is 5.92. The highest BCUT2D eigenvalue weighted by Crippen LogP contribution is 2.23. The first-order valence-electron chi connectivity index (χ1n) is 6.58. The van der Waals surface area contributed by atoms with Crippen LogP contribution < -0.4 is 11.1 Å². The summed E-state index contributed by atoms with van der Waals surface area (Å²) in [5.74, 6) is -0.113. The molecule has 1 aromatic carbocycles. The Morgan fingerprint density at radius 2 is 2.10 bits per heavy atom. The molecule has 0 saturated heterocycles. The number of hydrogen-bond donors (Lipinski definition) is 2. The molecule has 0 fully saturated rings. The molecule has 0 aliphatic carbocycles. The maximum Gasteiger partial charge on any atom is 0.340 e. The third-order valence-electron chi connectivity index (χ3n) is 2.64. The van der Waals surface area contributed by atoms with Gasteiger partial charge in [-0.1, -0.05) is 17.2 Å². The molecule has 2 aromatic rings. The molecule has 7 heteroatoms. The molecule has 1 aromatic heterocycles. The Morgan fingerprint density at radius 1 is 1.38 bits per heavy atom. The van der Waals surface area contributed by atoms with E-state index in [0.717, 1.165) is 0 Å². The molecule has 0 spiro atoms. The van der Waals surface area contributed by atoms with Gasteiger partial charge in [-0.05, 0) is 32.9 Å². The first kappa shape index (κ1) is 15.0. The van der Waals surface area contributed by atoms with Crippen LogP contribution in [0.15, 0.2) is 28.7 Å². The van der Waals surface area contributed by atoms with Crippen molar-refractivity contribution in [3.63, 3.8) is 0 Å². The van der Waals surface area contributed by atoms with Gasteiger partial charge >= 0.3 is 12.0 Å². The maximum absolute atomic E-state index is 11.9. The van der Waals surface area contributed by atoms with Crippen LogP contribution >= 0.6 is 0 Å². The largest absolute Gasteiger partial charge is 0.462 e. The molecule has 7 nitrogen and oxygen atoms in total. The topological polar surface area (TPSA) is 103 Å². The van der Waals surface area contributed by atoms with E-state index in [-0.39, 0.29) is 6.01 Å². The zero-order valence-corrected chi connectivity index (χ0v) is 12.2. The van der Waals surface area contributed by atoms with Gasteiger partial charge in [0.2, 0.25) is 5.89 Å². The van der Waals surface area contributed by atoms with Crippen LogP contribution in [0.2, 0.25) is 0 Å². The van der Waals surface area contributed by atoms with Crippen LogP contribution in [-0.2, 0) is 10.3 Å². The smallest absolute Gasteiger partial charge is 0.340 e. The number of anilines is 2. The average Bonchev–Trinajstić information content (AvgIpc) is 2.88. The number of esters is 1. The Morgan fingerprint density at radius 3 is 2.71 bits per heavy atom. The maximum atomic E-state index is 11.9. The quantitative estimate of drug-likeness (QED) is 0.813. The summed E-state index contributed by atoms with van der Waals surface area (Å²) in [4.78, 5) is 11.9. The van der Waals surface area contributed by atoms with Crippen molar-refractivity contribution < 1.29 is 13.9 Å². The minimum absolute atomic E-state index is 0.167. The molecule has 0 bridgehead atoms. The summed E-state index contributed by atoms with van der Waals surface area (Å²) < 4.78 is 10.4. The molecule has 0 aliphatic rings. The number of para-hydroxylation sites is 1. The molecule has 0 saturated carbocycles. The van der Waals surface area contributed by atoms with E-state index in [0.29, 0.717) is 23.7 Å². The monoisotopic (exact) mass is 290 g/mol. The van der Waals surface area contributed by atoms with Crippen LogP contribution in [0.25, 0.3) is 0 Å². The van der Waals surface area contributed by atoms with Crippen LogP contribution in [0.5, 0.6) is 0 Å². The Balaban J connectivity index is 2.24. The number of ether oxygens (including phenoxy) is 1. The van der Waals surface area contributed by atoms with E-state index in [1.54, 1.807) is 45.0 Å². The highest BCUT2D eigenvalue weighted by Gasteiger charge is 2.22. The van der Waals surface area contributed by atoms with Crippen molar-refractivity contribution in [3.8, 4) is 0 Å². The zero-order valence-electron chi connectivity index (χ0n) is 12.2. The van der Waals surface area contributed by atoms with Crippen LogP contribution in [0.3, 0.4) is 0 Å². The second-order valence-corrected chi connectivity index (χ2v) is 5.03. The summed E-state index contributed by atoms with van der Waals surface area (Å²) in [5.41, 5.74) is 6.08. The fourth-order valence-corrected chi connectivity index (χ4v) is 1.63. The Kier molecular flexibility index (Phi) is 4.23. The lowest BCUT2D eigenvalue weighted by Gasteiger charge is -2.11. The van der Waals surface area contributed by atoms with E-state index < -0.39 is 11.5 Å². The van der Waals surface area contributed by atoms with Crippen molar-refractivity contribution in [2.75, 3.05) is 11.9 Å². The summed E-state index contributed by atoms with van der Waals surface area (Å²) in [5, 5.41) is 10.6. The third kappa shape index (κ3) is 3.57. The summed E-state index contributed by atoms with van der Waals surface area (Å²) in [6, 6.07) is 7.09. The van der Waals surface area contributed by atoms with Gasteiger partial charge in [-0.15, -0.1) is 5.10 Å². The van der Waals surface area contributed by atoms with Crippen LogP contribution in [-0.4, -0.2) is 22.8 Å². The molecule has 0 atom stereocenters. The van der Waals surface area contributed by atoms with Crippen molar-refractivity contribution >= 4 is 17.7 Å². The number of carbonyl (C=O) groups excluding carboxylic acids is 1. The van der Waals surface area contributed by atoms with E-state index >= 15 is 0 Å². The van der Waals surface area contributed by atoms with Gasteiger partial charge in [0.05, 0.1) is 23.4 Å². The number of rotatable bonds is 5. The van der Waals surface area contributed by atoms with Gasteiger partial charge in [0.25, 0.3) is 0 Å². The average molecular weight is 290 g/mol. The van der Waals surface area contributed by atoms with Crippen LogP contribution in [0, 0.1) is 0 Å². The van der Waals surface area contributed by atoms with Crippen molar-refractivity contribution in [3.05, 3.63) is 35.7 Å². The van der Waals surface area contributed by atoms with E-state index in [2.05, 4.69) is 15.5 Å². The Hall–Kier alpha value is -2.41. The summed E-state index contributed by atoms with van der Waals surface area (Å²) >= 11 is 0. The van der Waals surface area contributed by atoms with Crippen molar-refractivity contribution in [1.29, 1.82) is 0 Å². The predicted octanol–water partition coefficient (Wildman–Crippen LogP) is 2.18. The number of aromatic nitrogens is 2. The van der Waals surface area contributed by atoms with E-state index in [9.17, 15) is 4.79 Å². The van der Waals surface area contributed by atoms with Gasteiger partial charge in [0.1, 0.15) is 0 Å². The molecule has 2 rings (SSSR count). The first-order valence-corrected chi connectivity index (χ1v) is 6.58. The number of nitrogens with two attached hydrogens (primary N) is 1. The molecule has 21 heavy (non-hydrogen) atoms. The van der Waals surface area contributed by atoms with Crippen LogP contribution in [0.4, 0.5) is 11.7 Å². The molecule has 0 amide bonds. The minimum atomic E-state index is -0.729. The van der Waals surface area contributed by atoms with Crippen molar-refractivity contribution in [1.82, 2.24) is 10.2 Å². The van der Waals surface area contributed by atoms with Gasteiger partial charge in [0, 0.05) is 0 Å². The number of nitrogens with zero attached hydrogens (tertiary/aromatic N) is 2. The second-order valence-electron chi connectivity index (χ2n) is 5.03. The van der Waals surface area contributed by atoms with Crippen molar-refractivity contribution in [2.24, 2.45) is 5.73 Å². The molecular weight excluding hydrogens is 272 g/mol. The lowest BCUT2D eigenvalue weighted by atomic mass is 10.1. The predicted molar refractivity (Wildman–Crippen MR) is 77.2 cm³/mol. The fourth-order valence-electron chi connectivity index (χ4n) is 1.63. The van der Waals surface area contributed by atoms with Gasteiger partial charge < -0.3 is 20.2 Å². The van der Waals surface area contributed by atoms with E-state index in [4.69, 9.17) is 14.9 Å². The highest BCUT2D eigenvalue weighted by molar-refractivity contribution is 5.96. The minimum Gasteiger partial charge on any atom is -0.462 e. The Bertz CT molecular complexity index is 631. The van der Waals surface area contributed by atoms with Crippen molar-refractivity contribution in [2.45, 2.75) is 26.3 Å². The first-order chi connectivity index (χ1) is 9.91. The van der Waals surface area contributed by atoms with E-state index in [1.165, 1.54) is 0 Å². The zero-order chi connectivity index (χ0) is 15.5. The lowest BCUT2D eigenvalue weighted by Crippen LogP contribution is -2.29. The normalized spacial score (nSPS) is 11.2. The molecule has 0 radical (unpaired) electrons. The molecule has 1 heterocycles. The molecule has 0 aliphatic heterocycles. The summed E-state index contributed by atoms with van der Waals surface area (Å²) in [6.45, 7) is 5.58. The molecule has 3 N–H and O–H groups in total. The molecule has 0 unspecified atom stereocenters. The van der Waals surface area contributed by atoms with Crippen LogP contribution in [0.1, 0.15) is 37.0 Å². The summed E-state index contributed by atoms with van der Waals surface area (Å²) in [7, 11) is 0. The number of nitrogens with one attached hydrogen (secondary N) is 1. The van der Waals surface area contributed by atoms with E-state index in [1.807, 2.05) is 0 Å². The molecular formula is C14H18N4O3. The number of carbonyl (C=O) groups is 1. The van der Waals surface area contributed by atoms with Gasteiger partial charge in [-0.2, -0.15) is 0 Å².